The number of amides is 1. The lowest BCUT2D eigenvalue weighted by atomic mass is 10.2. The largest absolute Gasteiger partial charge is 0.464 e. The van der Waals surface area contributed by atoms with E-state index in [4.69, 9.17) is 4.42 Å². The predicted molar refractivity (Wildman–Crippen MR) is 63.2 cm³/mol. The van der Waals surface area contributed by atoms with Crippen LogP contribution in [0.5, 0.6) is 0 Å². The Balaban J connectivity index is 2.33. The summed E-state index contributed by atoms with van der Waals surface area (Å²) >= 11 is 0. The molecule has 90 valence electrons. The van der Waals surface area contributed by atoms with Gasteiger partial charge in [-0.15, -0.1) is 0 Å². The van der Waals surface area contributed by atoms with E-state index in [-0.39, 0.29) is 11.9 Å². The van der Waals surface area contributed by atoms with Gasteiger partial charge in [-0.2, -0.15) is 0 Å². The molecule has 1 atom stereocenters. The Morgan fingerprint density at radius 3 is 2.81 bits per heavy atom. The molecule has 0 bridgehead atoms. The van der Waals surface area contributed by atoms with Gasteiger partial charge in [0.05, 0.1) is 6.04 Å². The molecule has 1 heterocycles. The molecule has 2 N–H and O–H groups in total. The molecule has 0 aliphatic carbocycles. The molecule has 0 aliphatic rings. The van der Waals surface area contributed by atoms with Crippen molar-refractivity contribution in [2.75, 3.05) is 13.6 Å². The van der Waals surface area contributed by atoms with Crippen molar-refractivity contribution in [3.8, 4) is 0 Å². The summed E-state index contributed by atoms with van der Waals surface area (Å²) in [5.41, 5.74) is 0. The minimum Gasteiger partial charge on any atom is -0.464 e. The molecule has 0 fully saturated rings. The van der Waals surface area contributed by atoms with Gasteiger partial charge < -0.3 is 15.1 Å². The SMILES string of the molecule is CNCCCC(=O)NC(C)c1ccc(C)o1. The molecule has 0 saturated carbocycles. The van der Waals surface area contributed by atoms with Crippen LogP contribution in [0.3, 0.4) is 0 Å². The zero-order chi connectivity index (χ0) is 12.0. The Kier molecular flexibility index (Phi) is 5.05. The molecule has 1 rings (SSSR count). The van der Waals surface area contributed by atoms with Crippen molar-refractivity contribution in [1.29, 1.82) is 0 Å². The lowest BCUT2D eigenvalue weighted by molar-refractivity contribution is -0.121. The second-order valence-corrected chi connectivity index (χ2v) is 3.94. The highest BCUT2D eigenvalue weighted by molar-refractivity contribution is 5.76. The zero-order valence-electron chi connectivity index (χ0n) is 10.2. The zero-order valence-corrected chi connectivity index (χ0v) is 10.2. The van der Waals surface area contributed by atoms with Crippen molar-refractivity contribution in [3.05, 3.63) is 23.7 Å². The molecule has 16 heavy (non-hydrogen) atoms. The normalized spacial score (nSPS) is 12.4. The molecule has 4 heteroatoms. The molecular weight excluding hydrogens is 204 g/mol. The Morgan fingerprint density at radius 1 is 1.50 bits per heavy atom. The molecular formula is C12H20N2O2. The fourth-order valence-electron chi connectivity index (χ4n) is 1.50. The number of hydrogen-bond acceptors (Lipinski definition) is 3. The third-order valence-corrected chi connectivity index (χ3v) is 2.40. The van der Waals surface area contributed by atoms with Gasteiger partial charge in [0.1, 0.15) is 11.5 Å². The van der Waals surface area contributed by atoms with Crippen LogP contribution in [0.25, 0.3) is 0 Å². The van der Waals surface area contributed by atoms with E-state index in [1.54, 1.807) is 0 Å². The molecule has 0 spiro atoms. The van der Waals surface area contributed by atoms with E-state index in [2.05, 4.69) is 10.6 Å². The third kappa shape index (κ3) is 4.06. The summed E-state index contributed by atoms with van der Waals surface area (Å²) in [4.78, 5) is 11.5. The quantitative estimate of drug-likeness (QED) is 0.724. The first kappa shape index (κ1) is 12.8. The van der Waals surface area contributed by atoms with E-state index < -0.39 is 0 Å². The molecule has 0 aliphatic heterocycles. The van der Waals surface area contributed by atoms with Crippen LogP contribution in [0.4, 0.5) is 0 Å². The van der Waals surface area contributed by atoms with Gasteiger partial charge in [0, 0.05) is 6.42 Å². The number of rotatable bonds is 6. The molecule has 4 nitrogen and oxygen atoms in total. The maximum absolute atomic E-state index is 11.5. The third-order valence-electron chi connectivity index (χ3n) is 2.40. The summed E-state index contributed by atoms with van der Waals surface area (Å²) in [6.45, 7) is 4.68. The van der Waals surface area contributed by atoms with Gasteiger partial charge in [-0.05, 0) is 46.0 Å². The molecule has 1 unspecified atom stereocenters. The van der Waals surface area contributed by atoms with Crippen molar-refractivity contribution >= 4 is 5.91 Å². The van der Waals surface area contributed by atoms with E-state index in [0.717, 1.165) is 24.5 Å². The standard InChI is InChI=1S/C12H20N2O2/c1-9-6-7-11(16-9)10(2)14-12(15)5-4-8-13-3/h6-7,10,13H,4-5,8H2,1-3H3,(H,14,15). The number of aryl methyl sites for hydroxylation is 1. The second kappa shape index (κ2) is 6.33. The van der Waals surface area contributed by atoms with E-state index in [9.17, 15) is 4.79 Å². The summed E-state index contributed by atoms with van der Waals surface area (Å²) in [6.07, 6.45) is 1.40. The van der Waals surface area contributed by atoms with Gasteiger partial charge >= 0.3 is 0 Å². The number of furan rings is 1. The molecule has 0 radical (unpaired) electrons. The van der Waals surface area contributed by atoms with Crippen molar-refractivity contribution < 1.29 is 9.21 Å². The van der Waals surface area contributed by atoms with Crippen molar-refractivity contribution in [2.24, 2.45) is 0 Å². The smallest absolute Gasteiger partial charge is 0.220 e. The fourth-order valence-corrected chi connectivity index (χ4v) is 1.50. The molecule has 1 amide bonds. The van der Waals surface area contributed by atoms with Gasteiger partial charge in [-0.1, -0.05) is 0 Å². The van der Waals surface area contributed by atoms with E-state index in [0.29, 0.717) is 6.42 Å². The average molecular weight is 224 g/mol. The van der Waals surface area contributed by atoms with Gasteiger partial charge in [-0.25, -0.2) is 0 Å². The lowest BCUT2D eigenvalue weighted by Crippen LogP contribution is -2.26. The molecule has 1 aromatic heterocycles. The fraction of sp³-hybridized carbons (Fsp3) is 0.583. The van der Waals surface area contributed by atoms with Crippen molar-refractivity contribution in [2.45, 2.75) is 32.7 Å². The summed E-state index contributed by atoms with van der Waals surface area (Å²) < 4.78 is 5.44. The van der Waals surface area contributed by atoms with E-state index in [1.165, 1.54) is 0 Å². The van der Waals surface area contributed by atoms with Gasteiger partial charge in [0.25, 0.3) is 0 Å². The van der Waals surface area contributed by atoms with Crippen LogP contribution in [-0.2, 0) is 4.79 Å². The van der Waals surface area contributed by atoms with Crippen LogP contribution >= 0.6 is 0 Å². The number of carbonyl (C=O) groups is 1. The number of hydrogen-bond donors (Lipinski definition) is 2. The van der Waals surface area contributed by atoms with Crippen LogP contribution in [-0.4, -0.2) is 19.5 Å². The van der Waals surface area contributed by atoms with E-state index in [1.807, 2.05) is 33.0 Å². The second-order valence-electron chi connectivity index (χ2n) is 3.94. The van der Waals surface area contributed by atoms with Crippen LogP contribution in [0.2, 0.25) is 0 Å². The topological polar surface area (TPSA) is 54.3 Å². The number of nitrogens with one attached hydrogen (secondary N) is 2. The Hall–Kier alpha value is -1.29. The van der Waals surface area contributed by atoms with Gasteiger partial charge in [-0.3, -0.25) is 4.79 Å². The van der Waals surface area contributed by atoms with Crippen LogP contribution in [0, 0.1) is 6.92 Å². The van der Waals surface area contributed by atoms with Crippen molar-refractivity contribution in [1.82, 2.24) is 10.6 Å². The highest BCUT2D eigenvalue weighted by atomic mass is 16.3. The van der Waals surface area contributed by atoms with Gasteiger partial charge in [0.15, 0.2) is 0 Å². The number of carbonyl (C=O) groups excluding carboxylic acids is 1. The lowest BCUT2D eigenvalue weighted by Gasteiger charge is -2.11. The highest BCUT2D eigenvalue weighted by Gasteiger charge is 2.11. The Bertz CT molecular complexity index is 334. The first-order valence-corrected chi connectivity index (χ1v) is 5.63. The maximum Gasteiger partial charge on any atom is 0.220 e. The average Bonchev–Trinajstić information content (AvgIpc) is 2.65. The van der Waals surface area contributed by atoms with Crippen LogP contribution in [0.1, 0.15) is 37.3 Å². The van der Waals surface area contributed by atoms with Crippen molar-refractivity contribution in [3.63, 3.8) is 0 Å². The van der Waals surface area contributed by atoms with Crippen LogP contribution in [0.15, 0.2) is 16.5 Å². The summed E-state index contributed by atoms with van der Waals surface area (Å²) in [6, 6.07) is 3.74. The summed E-state index contributed by atoms with van der Waals surface area (Å²) in [5.74, 6) is 1.74. The van der Waals surface area contributed by atoms with Gasteiger partial charge in [0.2, 0.25) is 5.91 Å². The van der Waals surface area contributed by atoms with E-state index >= 15 is 0 Å². The maximum atomic E-state index is 11.5. The molecule has 0 aromatic carbocycles. The monoisotopic (exact) mass is 224 g/mol. The minimum atomic E-state index is -0.0595. The first-order valence-electron chi connectivity index (χ1n) is 5.63. The highest BCUT2D eigenvalue weighted by Crippen LogP contribution is 2.15. The molecule has 1 aromatic rings. The summed E-state index contributed by atoms with van der Waals surface area (Å²) in [5, 5.41) is 5.92. The minimum absolute atomic E-state index is 0.0595. The Morgan fingerprint density at radius 2 is 2.25 bits per heavy atom. The molecule has 0 saturated heterocycles. The first-order chi connectivity index (χ1) is 7.63. The van der Waals surface area contributed by atoms with Crippen LogP contribution < -0.4 is 10.6 Å². The summed E-state index contributed by atoms with van der Waals surface area (Å²) in [7, 11) is 1.88. The Labute approximate surface area is 96.4 Å². The predicted octanol–water partition coefficient (Wildman–Crippen LogP) is 1.76.